The Morgan fingerprint density at radius 1 is 1.43 bits per heavy atom. The predicted molar refractivity (Wildman–Crippen MR) is 106 cm³/mol. The molecule has 150 valence electrons. The minimum atomic E-state index is -1.12. The van der Waals surface area contributed by atoms with Crippen molar-refractivity contribution in [2.75, 3.05) is 0 Å². The standard InChI is InChI=1S/C19H22FN3O4S/c1-5-8-14(22-18(26)27-19(2,3)4)16-21-15(11-23(16)28-20)12-9-6-7-10-13(12)17(24)25/h5-7,9-11,14H,1,8H2,2-4H3,(H,22,26)(H,24,25). The van der Waals surface area contributed by atoms with Gasteiger partial charge in [0.1, 0.15) is 11.4 Å². The Kier molecular flexibility index (Phi) is 6.85. The van der Waals surface area contributed by atoms with Crippen molar-refractivity contribution in [1.82, 2.24) is 14.3 Å². The van der Waals surface area contributed by atoms with Crippen molar-refractivity contribution in [2.45, 2.75) is 38.8 Å². The third-order valence-electron chi connectivity index (χ3n) is 3.61. The molecule has 2 rings (SSSR count). The van der Waals surface area contributed by atoms with E-state index in [0.717, 1.165) is 3.97 Å². The molecule has 9 heteroatoms. The predicted octanol–water partition coefficient (Wildman–Crippen LogP) is 4.77. The first-order valence-corrected chi connectivity index (χ1v) is 9.15. The lowest BCUT2D eigenvalue weighted by atomic mass is 10.1. The fourth-order valence-electron chi connectivity index (χ4n) is 2.53. The van der Waals surface area contributed by atoms with Crippen LogP contribution >= 0.6 is 12.3 Å². The molecule has 1 atom stereocenters. The molecular weight excluding hydrogens is 385 g/mol. The largest absolute Gasteiger partial charge is 0.478 e. The van der Waals surface area contributed by atoms with Gasteiger partial charge in [-0.25, -0.2) is 18.5 Å². The molecule has 28 heavy (non-hydrogen) atoms. The summed E-state index contributed by atoms with van der Waals surface area (Å²) in [6, 6.07) is 5.59. The number of hydrogen-bond donors (Lipinski definition) is 2. The van der Waals surface area contributed by atoms with Gasteiger partial charge in [0.15, 0.2) is 12.3 Å². The van der Waals surface area contributed by atoms with E-state index in [9.17, 15) is 18.6 Å². The second-order valence-corrected chi connectivity index (χ2v) is 7.48. The maximum atomic E-state index is 13.5. The van der Waals surface area contributed by atoms with Gasteiger partial charge in [0.05, 0.1) is 17.3 Å². The summed E-state index contributed by atoms with van der Waals surface area (Å²) in [6.45, 7) is 8.85. The average Bonchev–Trinajstić information content (AvgIpc) is 3.04. The number of aromatic nitrogens is 2. The molecule has 1 aromatic carbocycles. The Labute approximate surface area is 167 Å². The van der Waals surface area contributed by atoms with Crippen LogP contribution < -0.4 is 5.32 Å². The lowest BCUT2D eigenvalue weighted by molar-refractivity contribution is 0.0501. The van der Waals surface area contributed by atoms with Crippen LogP contribution in [0.1, 0.15) is 49.4 Å². The number of nitrogens with zero attached hydrogens (tertiary/aromatic N) is 2. The molecule has 0 aliphatic rings. The number of carbonyl (C=O) groups is 2. The van der Waals surface area contributed by atoms with Gasteiger partial charge in [0, 0.05) is 11.8 Å². The highest BCUT2D eigenvalue weighted by molar-refractivity contribution is 7.92. The van der Waals surface area contributed by atoms with Crippen LogP contribution in [-0.2, 0) is 4.74 Å². The Morgan fingerprint density at radius 2 is 2.11 bits per heavy atom. The highest BCUT2D eigenvalue weighted by Crippen LogP contribution is 2.29. The van der Waals surface area contributed by atoms with Gasteiger partial charge in [-0.15, -0.1) is 10.5 Å². The highest BCUT2D eigenvalue weighted by Gasteiger charge is 2.25. The molecule has 0 radical (unpaired) electrons. The lowest BCUT2D eigenvalue weighted by Gasteiger charge is -2.22. The number of aromatic carboxylic acids is 1. The minimum absolute atomic E-state index is 0.0444. The first-order valence-electron chi connectivity index (χ1n) is 8.47. The van der Waals surface area contributed by atoms with Crippen molar-refractivity contribution in [3.8, 4) is 11.3 Å². The fraction of sp³-hybridized carbons (Fsp3) is 0.316. The van der Waals surface area contributed by atoms with Crippen LogP contribution in [-0.4, -0.2) is 31.7 Å². The van der Waals surface area contributed by atoms with Gasteiger partial charge in [-0.1, -0.05) is 24.3 Å². The molecule has 0 spiro atoms. The SMILES string of the molecule is C=CCC(NC(=O)OC(C)(C)C)c1nc(-c2ccccc2C(=O)O)cn1SF. The van der Waals surface area contributed by atoms with Crippen molar-refractivity contribution in [3.63, 3.8) is 0 Å². The number of rotatable bonds is 7. The molecule has 0 aliphatic carbocycles. The maximum Gasteiger partial charge on any atom is 0.408 e. The molecular formula is C19H22FN3O4S. The Bertz CT molecular complexity index is 876. The quantitative estimate of drug-likeness (QED) is 0.642. The number of benzene rings is 1. The Morgan fingerprint density at radius 3 is 2.68 bits per heavy atom. The zero-order chi connectivity index (χ0) is 20.9. The van der Waals surface area contributed by atoms with Crippen LogP contribution in [0.3, 0.4) is 0 Å². The molecule has 2 aromatic rings. The number of carboxylic acid groups (broad SMARTS) is 1. The molecule has 0 aliphatic heterocycles. The van der Waals surface area contributed by atoms with Crippen molar-refractivity contribution >= 4 is 24.4 Å². The zero-order valence-electron chi connectivity index (χ0n) is 15.8. The van der Waals surface area contributed by atoms with E-state index in [2.05, 4.69) is 16.9 Å². The Hall–Kier alpha value is -2.81. The second kappa shape index (κ2) is 8.92. The van der Waals surface area contributed by atoms with Crippen LogP contribution in [0.25, 0.3) is 11.3 Å². The first kappa shape index (κ1) is 21.5. The second-order valence-electron chi connectivity index (χ2n) is 6.95. The maximum absolute atomic E-state index is 13.5. The van der Waals surface area contributed by atoms with Gasteiger partial charge in [0.25, 0.3) is 0 Å². The van der Waals surface area contributed by atoms with E-state index < -0.39 is 23.7 Å². The molecule has 1 amide bonds. The van der Waals surface area contributed by atoms with E-state index in [1.807, 2.05) is 0 Å². The third-order valence-corrected chi connectivity index (χ3v) is 4.05. The monoisotopic (exact) mass is 407 g/mol. The van der Waals surface area contributed by atoms with E-state index in [-0.39, 0.29) is 35.8 Å². The summed E-state index contributed by atoms with van der Waals surface area (Å²) in [4.78, 5) is 28.0. The van der Waals surface area contributed by atoms with E-state index in [4.69, 9.17) is 4.74 Å². The molecule has 0 saturated carbocycles. The number of imidazole rings is 1. The molecule has 0 bridgehead atoms. The number of ether oxygens (including phenoxy) is 1. The van der Waals surface area contributed by atoms with Crippen LogP contribution in [0.15, 0.2) is 43.1 Å². The average molecular weight is 407 g/mol. The number of amides is 1. The number of alkyl carbamates (subject to hydrolysis) is 1. The van der Waals surface area contributed by atoms with Crippen LogP contribution in [0.4, 0.5) is 8.68 Å². The van der Waals surface area contributed by atoms with Crippen LogP contribution in [0.5, 0.6) is 0 Å². The van der Waals surface area contributed by atoms with Crippen LogP contribution in [0.2, 0.25) is 0 Å². The smallest absolute Gasteiger partial charge is 0.408 e. The molecule has 7 nitrogen and oxygen atoms in total. The van der Waals surface area contributed by atoms with Crippen LogP contribution in [0, 0.1) is 0 Å². The summed E-state index contributed by atoms with van der Waals surface area (Å²) in [5.41, 5.74) is -0.0293. The number of halogens is 1. The van der Waals surface area contributed by atoms with Gasteiger partial charge in [-0.05, 0) is 33.3 Å². The summed E-state index contributed by atoms with van der Waals surface area (Å²) in [6.07, 6.45) is 2.55. The highest BCUT2D eigenvalue weighted by atomic mass is 32.2. The van der Waals surface area contributed by atoms with E-state index in [1.165, 1.54) is 12.3 Å². The molecule has 1 heterocycles. The summed E-state index contributed by atoms with van der Waals surface area (Å²) < 4.78 is 19.9. The molecule has 2 N–H and O–H groups in total. The first-order chi connectivity index (χ1) is 13.2. The molecule has 0 fully saturated rings. The molecule has 1 aromatic heterocycles. The van der Waals surface area contributed by atoms with Gasteiger partial charge < -0.3 is 15.2 Å². The van der Waals surface area contributed by atoms with E-state index in [1.54, 1.807) is 45.0 Å². The van der Waals surface area contributed by atoms with Gasteiger partial charge in [-0.2, -0.15) is 0 Å². The van der Waals surface area contributed by atoms with Crippen molar-refractivity contribution in [3.05, 3.63) is 54.5 Å². The molecule has 1 unspecified atom stereocenters. The van der Waals surface area contributed by atoms with E-state index >= 15 is 0 Å². The van der Waals surface area contributed by atoms with Crippen molar-refractivity contribution in [1.29, 1.82) is 0 Å². The Balaban J connectivity index is 2.42. The van der Waals surface area contributed by atoms with Crippen molar-refractivity contribution < 1.29 is 23.3 Å². The topological polar surface area (TPSA) is 93.4 Å². The van der Waals surface area contributed by atoms with Gasteiger partial charge in [0.2, 0.25) is 0 Å². The number of carbonyl (C=O) groups excluding carboxylic acids is 1. The summed E-state index contributed by atoms with van der Waals surface area (Å²) in [7, 11) is 0. The normalized spacial score (nSPS) is 12.3. The number of hydrogen-bond acceptors (Lipinski definition) is 5. The van der Waals surface area contributed by atoms with Gasteiger partial charge >= 0.3 is 12.1 Å². The summed E-state index contributed by atoms with van der Waals surface area (Å²) in [5.74, 6) is -0.914. The summed E-state index contributed by atoms with van der Waals surface area (Å²) in [5, 5.41) is 12.0. The molecule has 0 saturated heterocycles. The van der Waals surface area contributed by atoms with Crippen molar-refractivity contribution in [2.24, 2.45) is 0 Å². The zero-order valence-corrected chi connectivity index (χ0v) is 16.6. The minimum Gasteiger partial charge on any atom is -0.478 e. The van der Waals surface area contributed by atoms with Gasteiger partial charge in [-0.3, -0.25) is 0 Å². The number of carboxylic acids is 1. The third kappa shape index (κ3) is 5.35. The van der Waals surface area contributed by atoms with E-state index in [0.29, 0.717) is 5.56 Å². The summed E-state index contributed by atoms with van der Waals surface area (Å²) >= 11 is -0.100. The lowest BCUT2D eigenvalue weighted by Crippen LogP contribution is -2.35. The fourth-order valence-corrected chi connectivity index (χ4v) is 2.91. The number of nitrogens with one attached hydrogen (secondary N) is 1.